The Morgan fingerprint density at radius 3 is 2.62 bits per heavy atom. The first kappa shape index (κ1) is 13.7. The second-order valence-electron chi connectivity index (χ2n) is 5.69. The Hall–Kier alpha value is -2.29. The van der Waals surface area contributed by atoms with Gasteiger partial charge in [-0.2, -0.15) is 0 Å². The van der Waals surface area contributed by atoms with E-state index in [0.29, 0.717) is 0 Å². The summed E-state index contributed by atoms with van der Waals surface area (Å²) in [7, 11) is 0. The van der Waals surface area contributed by atoms with Gasteiger partial charge in [0.1, 0.15) is 0 Å². The highest BCUT2D eigenvalue weighted by Crippen LogP contribution is 2.38. The summed E-state index contributed by atoms with van der Waals surface area (Å²) in [6, 6.07) is 10.4. The van der Waals surface area contributed by atoms with Crippen LogP contribution in [0.2, 0.25) is 0 Å². The minimum Gasteiger partial charge on any atom is -0.481 e. The number of hydrogen-bond donors (Lipinski definition) is 2. The minimum absolute atomic E-state index is 0.0717. The van der Waals surface area contributed by atoms with E-state index < -0.39 is 5.97 Å². The fourth-order valence-corrected chi connectivity index (χ4v) is 3.09. The minimum atomic E-state index is -0.780. The number of anilines is 1. The van der Waals surface area contributed by atoms with Gasteiger partial charge in [0.25, 0.3) is 0 Å². The number of rotatable bonds is 3. The molecular formula is C18H19NO2. The molecule has 0 fully saturated rings. The van der Waals surface area contributed by atoms with Crippen molar-refractivity contribution in [2.24, 2.45) is 0 Å². The first-order chi connectivity index (χ1) is 10.1. The summed E-state index contributed by atoms with van der Waals surface area (Å²) in [5.74, 6) is -0.780. The summed E-state index contributed by atoms with van der Waals surface area (Å²) in [5.41, 5.74) is 7.81. The molecule has 0 radical (unpaired) electrons. The monoisotopic (exact) mass is 281 g/mol. The summed E-state index contributed by atoms with van der Waals surface area (Å²) in [5, 5.41) is 12.6. The van der Waals surface area contributed by atoms with E-state index >= 15 is 0 Å². The molecule has 0 atom stereocenters. The number of aryl methyl sites for hydroxylation is 2. The SMILES string of the molecule is Cc1ccc(-c2c(CC(=O)O)c(C)cc3c2CCN3)cc1. The predicted octanol–water partition coefficient (Wildman–Crippen LogP) is 3.57. The third-order valence-corrected chi connectivity index (χ3v) is 4.12. The molecule has 3 heteroatoms. The summed E-state index contributed by atoms with van der Waals surface area (Å²) in [6.07, 6.45) is 1.02. The number of benzene rings is 2. The zero-order valence-electron chi connectivity index (χ0n) is 12.4. The molecule has 0 spiro atoms. The normalized spacial score (nSPS) is 12.9. The van der Waals surface area contributed by atoms with Crippen LogP contribution in [0.1, 0.15) is 22.3 Å². The lowest BCUT2D eigenvalue weighted by Crippen LogP contribution is -2.06. The van der Waals surface area contributed by atoms with Crippen LogP contribution >= 0.6 is 0 Å². The molecular weight excluding hydrogens is 262 g/mol. The second kappa shape index (κ2) is 5.24. The standard InChI is InChI=1S/C18H19NO2/c1-11-3-5-13(6-4-11)18-14-7-8-19-16(14)9-12(2)15(18)10-17(20)21/h3-6,9,19H,7-8,10H2,1-2H3,(H,20,21). The largest absolute Gasteiger partial charge is 0.481 e. The molecule has 2 N–H and O–H groups in total. The fourth-order valence-electron chi connectivity index (χ4n) is 3.09. The summed E-state index contributed by atoms with van der Waals surface area (Å²) < 4.78 is 0. The third-order valence-electron chi connectivity index (χ3n) is 4.12. The maximum Gasteiger partial charge on any atom is 0.307 e. The molecule has 0 saturated carbocycles. The molecule has 1 aliphatic rings. The van der Waals surface area contributed by atoms with Crippen LogP contribution in [-0.4, -0.2) is 17.6 Å². The second-order valence-corrected chi connectivity index (χ2v) is 5.69. The number of nitrogens with one attached hydrogen (secondary N) is 1. The van der Waals surface area contributed by atoms with E-state index in [1.54, 1.807) is 0 Å². The lowest BCUT2D eigenvalue weighted by atomic mass is 9.88. The van der Waals surface area contributed by atoms with Crippen molar-refractivity contribution < 1.29 is 9.90 Å². The van der Waals surface area contributed by atoms with Gasteiger partial charge < -0.3 is 10.4 Å². The van der Waals surface area contributed by atoms with Crippen molar-refractivity contribution in [3.05, 3.63) is 52.6 Å². The van der Waals surface area contributed by atoms with E-state index in [2.05, 4.69) is 42.6 Å². The van der Waals surface area contributed by atoms with E-state index in [9.17, 15) is 9.90 Å². The van der Waals surface area contributed by atoms with E-state index in [1.165, 1.54) is 11.1 Å². The van der Waals surface area contributed by atoms with Crippen molar-refractivity contribution in [3.8, 4) is 11.1 Å². The Balaban J connectivity index is 2.24. The molecule has 0 unspecified atom stereocenters. The maximum absolute atomic E-state index is 11.2. The molecule has 0 saturated heterocycles. The van der Waals surface area contributed by atoms with Crippen LogP contribution in [0.15, 0.2) is 30.3 Å². The van der Waals surface area contributed by atoms with Crippen molar-refractivity contribution in [1.29, 1.82) is 0 Å². The number of carbonyl (C=O) groups is 1. The topological polar surface area (TPSA) is 49.3 Å². The zero-order chi connectivity index (χ0) is 15.0. The Bertz CT molecular complexity index is 702. The van der Waals surface area contributed by atoms with Crippen LogP contribution < -0.4 is 5.32 Å². The lowest BCUT2D eigenvalue weighted by Gasteiger charge is -2.17. The van der Waals surface area contributed by atoms with Gasteiger partial charge in [-0.15, -0.1) is 0 Å². The van der Waals surface area contributed by atoms with Gasteiger partial charge in [-0.3, -0.25) is 4.79 Å². The van der Waals surface area contributed by atoms with Crippen molar-refractivity contribution >= 4 is 11.7 Å². The van der Waals surface area contributed by atoms with Gasteiger partial charge in [-0.25, -0.2) is 0 Å². The average Bonchev–Trinajstić information content (AvgIpc) is 2.88. The number of carboxylic acid groups (broad SMARTS) is 1. The van der Waals surface area contributed by atoms with Gasteiger partial charge in [0, 0.05) is 12.2 Å². The molecule has 3 nitrogen and oxygen atoms in total. The van der Waals surface area contributed by atoms with E-state index in [0.717, 1.165) is 40.9 Å². The van der Waals surface area contributed by atoms with Crippen LogP contribution in [-0.2, 0) is 17.6 Å². The first-order valence-corrected chi connectivity index (χ1v) is 7.24. The highest BCUT2D eigenvalue weighted by molar-refractivity contribution is 5.84. The molecule has 0 aliphatic carbocycles. The zero-order valence-corrected chi connectivity index (χ0v) is 12.4. The Morgan fingerprint density at radius 1 is 1.24 bits per heavy atom. The van der Waals surface area contributed by atoms with Gasteiger partial charge in [0.15, 0.2) is 0 Å². The highest BCUT2D eigenvalue weighted by Gasteiger charge is 2.22. The average molecular weight is 281 g/mol. The van der Waals surface area contributed by atoms with Crippen LogP contribution in [0, 0.1) is 13.8 Å². The lowest BCUT2D eigenvalue weighted by molar-refractivity contribution is -0.136. The molecule has 3 rings (SSSR count). The molecule has 0 bridgehead atoms. The van der Waals surface area contributed by atoms with E-state index in [4.69, 9.17) is 0 Å². The summed E-state index contributed by atoms with van der Waals surface area (Å²) >= 11 is 0. The Morgan fingerprint density at radius 2 is 1.95 bits per heavy atom. The number of fused-ring (bicyclic) bond motifs is 1. The van der Waals surface area contributed by atoms with Gasteiger partial charge in [-0.1, -0.05) is 29.8 Å². The van der Waals surface area contributed by atoms with Crippen LogP contribution in [0.5, 0.6) is 0 Å². The molecule has 2 aromatic rings. The van der Waals surface area contributed by atoms with Crippen molar-refractivity contribution in [2.75, 3.05) is 11.9 Å². The Labute approximate surface area is 124 Å². The Kier molecular flexibility index (Phi) is 3.42. The van der Waals surface area contributed by atoms with Crippen LogP contribution in [0.4, 0.5) is 5.69 Å². The van der Waals surface area contributed by atoms with Gasteiger partial charge in [-0.05, 0) is 54.2 Å². The quantitative estimate of drug-likeness (QED) is 0.904. The van der Waals surface area contributed by atoms with Crippen molar-refractivity contribution in [2.45, 2.75) is 26.7 Å². The smallest absolute Gasteiger partial charge is 0.307 e. The molecule has 2 aromatic carbocycles. The number of hydrogen-bond acceptors (Lipinski definition) is 2. The summed E-state index contributed by atoms with van der Waals surface area (Å²) in [4.78, 5) is 11.2. The third kappa shape index (κ3) is 2.51. The molecule has 21 heavy (non-hydrogen) atoms. The van der Waals surface area contributed by atoms with Gasteiger partial charge in [0.2, 0.25) is 0 Å². The number of carboxylic acids is 1. The van der Waals surface area contributed by atoms with Crippen molar-refractivity contribution in [1.82, 2.24) is 0 Å². The molecule has 0 amide bonds. The first-order valence-electron chi connectivity index (χ1n) is 7.24. The van der Waals surface area contributed by atoms with Crippen LogP contribution in [0.25, 0.3) is 11.1 Å². The molecule has 1 aliphatic heterocycles. The molecule has 108 valence electrons. The summed E-state index contributed by atoms with van der Waals surface area (Å²) in [6.45, 7) is 4.98. The maximum atomic E-state index is 11.2. The van der Waals surface area contributed by atoms with Gasteiger partial charge >= 0.3 is 5.97 Å². The molecule has 1 heterocycles. The van der Waals surface area contributed by atoms with Crippen molar-refractivity contribution in [3.63, 3.8) is 0 Å². The van der Waals surface area contributed by atoms with E-state index in [-0.39, 0.29) is 6.42 Å². The van der Waals surface area contributed by atoms with Crippen LogP contribution in [0.3, 0.4) is 0 Å². The van der Waals surface area contributed by atoms with Gasteiger partial charge in [0.05, 0.1) is 6.42 Å². The predicted molar refractivity (Wildman–Crippen MR) is 84.9 cm³/mol. The molecule has 0 aromatic heterocycles. The number of aliphatic carboxylic acids is 1. The highest BCUT2D eigenvalue weighted by atomic mass is 16.4. The fraction of sp³-hybridized carbons (Fsp3) is 0.278. The van der Waals surface area contributed by atoms with E-state index in [1.807, 2.05) is 6.92 Å².